The molecule has 1 aromatic heterocycles. The zero-order valence-electron chi connectivity index (χ0n) is 46.1. The van der Waals surface area contributed by atoms with Crippen LogP contribution >= 0.6 is 0 Å². The van der Waals surface area contributed by atoms with Crippen LogP contribution in [0.3, 0.4) is 0 Å². The van der Waals surface area contributed by atoms with Gasteiger partial charge in [0.2, 0.25) is 35.4 Å². The molecular formula is C49H89N21O11. The number of amides is 9. The number of carbonyl (C=O) groups is 9. The van der Waals surface area contributed by atoms with Crippen molar-refractivity contribution in [1.29, 1.82) is 5.41 Å². The number of aliphatic hydroxyl groups is 2. The number of nitrogens with one attached hydrogen (secondary N) is 10. The van der Waals surface area contributed by atoms with E-state index in [-0.39, 0.29) is 88.5 Å². The summed E-state index contributed by atoms with van der Waals surface area (Å²) < 4.78 is 0. The van der Waals surface area contributed by atoms with E-state index in [1.54, 1.807) is 0 Å². The van der Waals surface area contributed by atoms with E-state index in [4.69, 9.17) is 51.3 Å². The smallest absolute Gasteiger partial charge is 0.269 e. The molecule has 32 nitrogen and oxygen atoms in total. The van der Waals surface area contributed by atoms with Crippen LogP contribution in [0.2, 0.25) is 0 Å². The molecule has 0 bridgehead atoms. The molecule has 0 radical (unpaired) electrons. The fourth-order valence-electron chi connectivity index (χ4n) is 8.19. The van der Waals surface area contributed by atoms with Crippen molar-refractivity contribution in [2.75, 3.05) is 65.4 Å². The summed E-state index contributed by atoms with van der Waals surface area (Å²) in [5.41, 5.74) is 45.2. The Morgan fingerprint density at radius 2 is 1.36 bits per heavy atom. The Morgan fingerprint density at radius 3 is 1.98 bits per heavy atom. The number of aromatic amines is 1. The minimum absolute atomic E-state index is 0.0329. The molecule has 1 aliphatic heterocycles. The Hall–Kier alpha value is -7.04. The van der Waals surface area contributed by atoms with Gasteiger partial charge in [0, 0.05) is 51.0 Å². The summed E-state index contributed by atoms with van der Waals surface area (Å²) in [6.07, 6.45) is 5.76. The fraction of sp³-hybridized carbons (Fsp3) is 0.673. The van der Waals surface area contributed by atoms with Crippen LogP contribution in [0, 0.1) is 5.41 Å². The Kier molecular flexibility index (Phi) is 34.1. The third-order valence-electron chi connectivity index (χ3n) is 12.7. The highest BCUT2D eigenvalue weighted by molar-refractivity contribution is 6.40. The highest BCUT2D eigenvalue weighted by Gasteiger charge is 2.39. The topological polar surface area (TPSA) is 567 Å². The number of nitrogens with zero attached hydrogens (tertiary/aromatic N) is 3. The number of hydrogen-bond acceptors (Lipinski definition) is 20. The summed E-state index contributed by atoms with van der Waals surface area (Å²) in [5, 5.41) is 48.9. The molecule has 0 unspecified atom stereocenters. The van der Waals surface area contributed by atoms with Gasteiger partial charge in [-0.1, -0.05) is 18.9 Å². The van der Waals surface area contributed by atoms with Gasteiger partial charge in [-0.3, -0.25) is 48.6 Å². The standard InChI is InChI=1S/C49H89N21O11/c50-16-4-1-7-20-60-42(75)31(14-9-21-61-49(57)58)65-43(76)32(12-3-6-18-52)66-44(77)34(23-29-26-59-28-63-29)67-45(78)35-15-10-22-70(35)48(81)33(13-8-19-53)64-38(73)27-62-46(79)39(36(71)24-54)69-47(80)40(37(72)25-55)68-41(74)30(56)11-2-5-17-51/h14,26,28,30,32,34-37,39-40,71-72H,1-13,15-25,27,50-56H2,(H,59,63)(H,60,75)(H,62,79)(H,65,76)(H,66,77)(H,67,78)(H,68,74)(H,69,80)(H4,57,58,61)/b31-14-,64-33+/t30-,32-,34-,35-,36-,37-,39-,40-/m0/s1. The number of nitrogens with two attached hydrogens (primary N) is 8. The average Bonchev–Trinajstić information content (AvgIpc) is 4.22. The molecule has 81 heavy (non-hydrogen) atoms. The van der Waals surface area contributed by atoms with Gasteiger partial charge in [-0.15, -0.1) is 0 Å². The second-order valence-corrected chi connectivity index (χ2v) is 19.2. The van der Waals surface area contributed by atoms with Gasteiger partial charge < -0.3 is 109 Å². The maximum Gasteiger partial charge on any atom is 0.269 e. The number of aliphatic hydroxyl groups excluding tert-OH is 2. The highest BCUT2D eigenvalue weighted by Crippen LogP contribution is 2.20. The Morgan fingerprint density at radius 1 is 0.728 bits per heavy atom. The average molecular weight is 1150 g/mol. The predicted molar refractivity (Wildman–Crippen MR) is 299 cm³/mol. The molecule has 32 heteroatoms. The van der Waals surface area contributed by atoms with Crippen molar-refractivity contribution in [3.05, 3.63) is 30.0 Å². The first kappa shape index (κ1) is 70.1. The van der Waals surface area contributed by atoms with Gasteiger partial charge in [-0.05, 0) is 103 Å². The van der Waals surface area contributed by atoms with E-state index in [1.165, 1.54) is 23.5 Å². The molecule has 9 amide bonds. The molecule has 2 heterocycles. The normalized spacial score (nSPS) is 16.1. The van der Waals surface area contributed by atoms with Crippen LogP contribution in [0.4, 0.5) is 0 Å². The fourth-order valence-corrected chi connectivity index (χ4v) is 8.19. The lowest BCUT2D eigenvalue weighted by Gasteiger charge is -2.28. The van der Waals surface area contributed by atoms with E-state index in [2.05, 4.69) is 57.5 Å². The van der Waals surface area contributed by atoms with Crippen LogP contribution in [0.15, 0.2) is 29.3 Å². The van der Waals surface area contributed by atoms with E-state index in [0.717, 1.165) is 12.8 Å². The Balaban J connectivity index is 2.35. The number of imidazole rings is 1. The quantitative estimate of drug-likeness (QED) is 0.0126. The number of hydrogen-bond donors (Lipinski definition) is 20. The van der Waals surface area contributed by atoms with Crippen molar-refractivity contribution < 1.29 is 53.4 Å². The highest BCUT2D eigenvalue weighted by atomic mass is 16.3. The summed E-state index contributed by atoms with van der Waals surface area (Å²) in [4.78, 5) is 135. The van der Waals surface area contributed by atoms with E-state index in [9.17, 15) is 53.4 Å². The Labute approximate surface area is 470 Å². The van der Waals surface area contributed by atoms with Gasteiger partial charge in [0.05, 0.1) is 31.1 Å². The molecule has 0 spiro atoms. The summed E-state index contributed by atoms with van der Waals surface area (Å²) in [6, 6.07) is -8.45. The van der Waals surface area contributed by atoms with Crippen molar-refractivity contribution in [3.8, 4) is 0 Å². The van der Waals surface area contributed by atoms with E-state index in [0.29, 0.717) is 63.9 Å². The number of carbonyl (C=O) groups excluding carboxylic acids is 9. The number of unbranched alkanes of at least 4 members (excludes halogenated alkanes) is 4. The van der Waals surface area contributed by atoms with Crippen molar-refractivity contribution in [1.82, 2.24) is 57.4 Å². The lowest BCUT2D eigenvalue weighted by atomic mass is 10.1. The molecule has 2 rings (SSSR count). The van der Waals surface area contributed by atoms with Crippen LogP contribution in [0.5, 0.6) is 0 Å². The predicted octanol–water partition coefficient (Wildman–Crippen LogP) is -7.95. The van der Waals surface area contributed by atoms with Crippen LogP contribution in [0.25, 0.3) is 0 Å². The zero-order chi connectivity index (χ0) is 60.3. The number of rotatable bonds is 40. The van der Waals surface area contributed by atoms with Crippen molar-refractivity contribution in [3.63, 3.8) is 0 Å². The van der Waals surface area contributed by atoms with Crippen molar-refractivity contribution in [2.24, 2.45) is 50.9 Å². The maximum atomic E-state index is 14.3. The van der Waals surface area contributed by atoms with Gasteiger partial charge in [0.1, 0.15) is 41.6 Å². The molecule has 0 aliphatic carbocycles. The minimum Gasteiger partial charge on any atom is -0.389 e. The van der Waals surface area contributed by atoms with Crippen LogP contribution in [-0.4, -0.2) is 204 Å². The number of aromatic nitrogens is 2. The molecular weight excluding hydrogens is 1060 g/mol. The first-order chi connectivity index (χ1) is 38.8. The number of H-pyrrole nitrogens is 1. The largest absolute Gasteiger partial charge is 0.389 e. The van der Waals surface area contributed by atoms with E-state index < -0.39 is 121 Å². The molecule has 456 valence electrons. The third kappa shape index (κ3) is 26.0. The summed E-state index contributed by atoms with van der Waals surface area (Å²) in [5.74, 6) is -8.15. The first-order valence-corrected chi connectivity index (χ1v) is 27.3. The summed E-state index contributed by atoms with van der Waals surface area (Å²) >= 11 is 0. The summed E-state index contributed by atoms with van der Waals surface area (Å²) in [6.45, 7) is -0.248. The molecule has 0 saturated carbocycles. The second-order valence-electron chi connectivity index (χ2n) is 19.2. The van der Waals surface area contributed by atoms with Gasteiger partial charge in [0.25, 0.3) is 17.7 Å². The lowest BCUT2D eigenvalue weighted by molar-refractivity contribution is -0.136. The molecule has 1 aliphatic rings. The molecule has 1 saturated heterocycles. The van der Waals surface area contributed by atoms with Gasteiger partial charge in [-0.2, -0.15) is 0 Å². The zero-order valence-corrected chi connectivity index (χ0v) is 46.1. The van der Waals surface area contributed by atoms with Gasteiger partial charge in [-0.25, -0.2) is 9.98 Å². The minimum atomic E-state index is -1.84. The maximum absolute atomic E-state index is 14.3. The lowest BCUT2D eigenvalue weighted by Crippen LogP contribution is -2.63. The number of guanidine groups is 1. The van der Waals surface area contributed by atoms with E-state index >= 15 is 0 Å². The van der Waals surface area contributed by atoms with Gasteiger partial charge >= 0.3 is 0 Å². The molecule has 8 atom stereocenters. The molecule has 28 N–H and O–H groups in total. The van der Waals surface area contributed by atoms with Crippen LogP contribution in [0.1, 0.15) is 95.6 Å². The van der Waals surface area contributed by atoms with Gasteiger partial charge in [0.15, 0.2) is 5.96 Å². The first-order valence-electron chi connectivity index (χ1n) is 27.3. The second kappa shape index (κ2) is 39.4. The molecule has 1 fully saturated rings. The van der Waals surface area contributed by atoms with Crippen LogP contribution in [-0.2, 0) is 49.6 Å². The van der Waals surface area contributed by atoms with Crippen molar-refractivity contribution >= 4 is 64.8 Å². The van der Waals surface area contributed by atoms with E-state index in [1.807, 2.05) is 0 Å². The van der Waals surface area contributed by atoms with Crippen molar-refractivity contribution in [2.45, 2.75) is 145 Å². The number of likely N-dealkylation sites (tertiary alicyclic amines) is 1. The SMILES string of the molecule is N=C(N)NCC/C=C(\NC(=O)[C@H](CCCCN)NC(=O)[C@H](Cc1cnc[nH]1)NC(=O)[C@@H]1CCCN1C(=O)/C(CCCN)=N/C(=O)CNC(=O)[C@@H](NC(=O)[C@@H](NC(=O)[C@@H](N)CCCCN)[C@@H](O)CN)[C@@H](O)CN)C(=O)NCCCCCN. The third-order valence-corrected chi connectivity index (χ3v) is 12.7. The Bertz CT molecular complexity index is 2240. The monoisotopic (exact) mass is 1150 g/mol. The van der Waals surface area contributed by atoms with Crippen LogP contribution < -0.4 is 88.4 Å². The number of aliphatic imine (C=N–C) groups is 1. The molecule has 1 aromatic rings. The summed E-state index contributed by atoms with van der Waals surface area (Å²) in [7, 11) is 0. The molecule has 0 aromatic carbocycles.